The van der Waals surface area contributed by atoms with E-state index in [1.165, 1.54) is 11.8 Å². The second-order valence-corrected chi connectivity index (χ2v) is 9.30. The number of thioether (sulfide) groups is 2. The van der Waals surface area contributed by atoms with E-state index < -0.39 is 0 Å². The minimum atomic E-state index is -0.0600. The van der Waals surface area contributed by atoms with Crippen LogP contribution in [0.1, 0.15) is 13.3 Å². The van der Waals surface area contributed by atoms with Crippen molar-refractivity contribution in [1.82, 2.24) is 4.98 Å². The molecular formula is C19H17N3OS3. The molecule has 26 heavy (non-hydrogen) atoms. The van der Waals surface area contributed by atoms with Gasteiger partial charge in [0.25, 0.3) is 0 Å². The first-order valence-corrected chi connectivity index (χ1v) is 10.7. The molecule has 0 spiro atoms. The topological polar surface area (TPSA) is 65.8 Å². The number of hydrogen-bond acceptors (Lipinski definition) is 6. The van der Waals surface area contributed by atoms with Gasteiger partial charge < -0.3 is 5.32 Å². The molecule has 0 aliphatic carbocycles. The third-order valence-corrected chi connectivity index (χ3v) is 6.83. The van der Waals surface area contributed by atoms with Crippen molar-refractivity contribution in [2.45, 2.75) is 27.8 Å². The minimum absolute atomic E-state index is 0.0600. The number of nitrogens with one attached hydrogen (secondary N) is 1. The number of fused-ring (bicyclic) bond motifs is 1. The second-order valence-electron chi connectivity index (χ2n) is 5.57. The highest BCUT2D eigenvalue weighted by Crippen LogP contribution is 2.32. The van der Waals surface area contributed by atoms with Crippen molar-refractivity contribution >= 4 is 56.7 Å². The molecule has 1 heterocycles. The van der Waals surface area contributed by atoms with Crippen LogP contribution in [-0.4, -0.2) is 21.9 Å². The third kappa shape index (κ3) is 5.01. The minimum Gasteiger partial charge on any atom is -0.324 e. The van der Waals surface area contributed by atoms with Crippen molar-refractivity contribution in [3.63, 3.8) is 0 Å². The Hall–Kier alpha value is -2.01. The molecule has 2 aromatic carbocycles. The van der Waals surface area contributed by atoms with E-state index in [1.807, 2.05) is 55.5 Å². The number of carbonyl (C=O) groups is 1. The highest BCUT2D eigenvalue weighted by Gasteiger charge is 2.12. The van der Waals surface area contributed by atoms with Gasteiger partial charge in [-0.15, -0.1) is 23.1 Å². The number of benzene rings is 2. The molecule has 3 aromatic rings. The monoisotopic (exact) mass is 399 g/mol. The zero-order valence-electron chi connectivity index (χ0n) is 14.1. The molecule has 132 valence electrons. The summed E-state index contributed by atoms with van der Waals surface area (Å²) in [6.07, 6.45) is 0.473. The summed E-state index contributed by atoms with van der Waals surface area (Å²) < 4.78 is 2.02. The molecule has 0 aliphatic heterocycles. The Morgan fingerprint density at radius 3 is 2.85 bits per heavy atom. The third-order valence-electron chi connectivity index (χ3n) is 3.47. The normalized spacial score (nSPS) is 11.8. The lowest BCUT2D eigenvalue weighted by Gasteiger charge is -2.13. The van der Waals surface area contributed by atoms with Crippen LogP contribution in [0.25, 0.3) is 10.2 Å². The van der Waals surface area contributed by atoms with E-state index in [1.54, 1.807) is 23.1 Å². The Labute approximate surface area is 165 Å². The maximum absolute atomic E-state index is 12.3. The van der Waals surface area contributed by atoms with E-state index in [9.17, 15) is 4.79 Å². The highest BCUT2D eigenvalue weighted by atomic mass is 32.2. The number of nitrogens with zero attached hydrogens (tertiary/aromatic N) is 2. The molecule has 3 rings (SSSR count). The largest absolute Gasteiger partial charge is 0.324 e. The zero-order valence-corrected chi connectivity index (χ0v) is 16.6. The molecule has 1 N–H and O–H groups in total. The standard InChI is InChI=1S/C19H17N3OS3/c1-13(10-11-20)25-16-8-4-2-6-14(16)21-18(23)12-24-19-22-15-7-3-5-9-17(15)26-19/h2-9,13H,10,12H2,1H3,(H,21,23). The van der Waals surface area contributed by atoms with Crippen molar-refractivity contribution in [2.24, 2.45) is 0 Å². The summed E-state index contributed by atoms with van der Waals surface area (Å²) in [5.41, 5.74) is 1.76. The number of aromatic nitrogens is 1. The summed E-state index contributed by atoms with van der Waals surface area (Å²) >= 11 is 4.65. The number of anilines is 1. The van der Waals surface area contributed by atoms with Crippen LogP contribution in [0.3, 0.4) is 0 Å². The number of hydrogen-bond donors (Lipinski definition) is 1. The number of rotatable bonds is 7. The Balaban J connectivity index is 1.60. The van der Waals surface area contributed by atoms with Crippen molar-refractivity contribution in [2.75, 3.05) is 11.1 Å². The summed E-state index contributed by atoms with van der Waals surface area (Å²) in [6.45, 7) is 2.01. The first kappa shape index (κ1) is 18.8. The quantitative estimate of drug-likeness (QED) is 0.537. The summed E-state index contributed by atoms with van der Waals surface area (Å²) in [5, 5.41) is 12.0. The molecule has 1 atom stereocenters. The number of amides is 1. The smallest absolute Gasteiger partial charge is 0.234 e. The molecule has 1 unspecified atom stereocenters. The van der Waals surface area contributed by atoms with Crippen LogP contribution in [0, 0.1) is 11.3 Å². The zero-order chi connectivity index (χ0) is 18.4. The van der Waals surface area contributed by atoms with E-state index in [-0.39, 0.29) is 11.2 Å². The fourth-order valence-electron chi connectivity index (χ4n) is 2.29. The molecule has 0 saturated carbocycles. The predicted molar refractivity (Wildman–Crippen MR) is 111 cm³/mol. The van der Waals surface area contributed by atoms with Crippen LogP contribution in [0.5, 0.6) is 0 Å². The molecular weight excluding hydrogens is 382 g/mol. The second kappa shape index (κ2) is 9.08. The average Bonchev–Trinajstić information content (AvgIpc) is 3.05. The molecule has 0 saturated heterocycles. The lowest BCUT2D eigenvalue weighted by molar-refractivity contribution is -0.113. The molecule has 4 nitrogen and oxygen atoms in total. The Kier molecular flexibility index (Phi) is 6.56. The van der Waals surface area contributed by atoms with Gasteiger partial charge in [-0.3, -0.25) is 4.79 Å². The highest BCUT2D eigenvalue weighted by molar-refractivity contribution is 8.01. The summed E-state index contributed by atoms with van der Waals surface area (Å²) in [6, 6.07) is 17.8. The van der Waals surface area contributed by atoms with Crippen LogP contribution in [-0.2, 0) is 4.79 Å². The van der Waals surface area contributed by atoms with E-state index in [4.69, 9.17) is 5.26 Å². The Bertz CT molecular complexity index is 915. The van der Waals surface area contributed by atoms with Crippen LogP contribution in [0.15, 0.2) is 57.8 Å². The van der Waals surface area contributed by atoms with Crippen LogP contribution in [0.2, 0.25) is 0 Å². The van der Waals surface area contributed by atoms with Gasteiger partial charge in [0.15, 0.2) is 4.34 Å². The molecule has 0 fully saturated rings. The van der Waals surface area contributed by atoms with Crippen molar-refractivity contribution in [1.29, 1.82) is 5.26 Å². The van der Waals surface area contributed by atoms with Crippen molar-refractivity contribution in [3.05, 3.63) is 48.5 Å². The number of thiazole rings is 1. The first-order chi connectivity index (χ1) is 12.7. The summed E-state index contributed by atoms with van der Waals surface area (Å²) in [4.78, 5) is 17.9. The first-order valence-electron chi connectivity index (χ1n) is 8.06. The number of nitriles is 1. The van der Waals surface area contributed by atoms with Gasteiger partial charge in [0.2, 0.25) is 5.91 Å². The van der Waals surface area contributed by atoms with Crippen molar-refractivity contribution < 1.29 is 4.79 Å². The summed E-state index contributed by atoms with van der Waals surface area (Å²) in [7, 11) is 0. The van der Waals surface area contributed by atoms with E-state index >= 15 is 0 Å². The van der Waals surface area contributed by atoms with Crippen LogP contribution >= 0.6 is 34.9 Å². The Morgan fingerprint density at radius 2 is 2.04 bits per heavy atom. The van der Waals surface area contributed by atoms with Gasteiger partial charge in [-0.25, -0.2) is 4.98 Å². The molecule has 1 aromatic heterocycles. The van der Waals surface area contributed by atoms with Crippen LogP contribution in [0.4, 0.5) is 5.69 Å². The average molecular weight is 400 g/mol. The fraction of sp³-hybridized carbons (Fsp3) is 0.211. The lowest BCUT2D eigenvalue weighted by Crippen LogP contribution is -2.14. The van der Waals surface area contributed by atoms with Gasteiger partial charge in [-0.2, -0.15) is 5.26 Å². The number of carbonyl (C=O) groups excluding carboxylic acids is 1. The lowest BCUT2D eigenvalue weighted by atomic mass is 10.3. The van der Waals surface area contributed by atoms with E-state index in [2.05, 4.69) is 16.4 Å². The van der Waals surface area contributed by atoms with Gasteiger partial charge >= 0.3 is 0 Å². The van der Waals surface area contributed by atoms with Gasteiger partial charge in [0.05, 0.1) is 27.7 Å². The van der Waals surface area contributed by atoms with Crippen molar-refractivity contribution in [3.8, 4) is 6.07 Å². The fourth-order valence-corrected chi connectivity index (χ4v) is 5.15. The molecule has 0 aliphatic rings. The van der Waals surface area contributed by atoms with Gasteiger partial charge in [-0.05, 0) is 24.3 Å². The van der Waals surface area contributed by atoms with E-state index in [0.717, 1.165) is 25.1 Å². The van der Waals surface area contributed by atoms with Gasteiger partial charge in [0.1, 0.15) is 0 Å². The summed E-state index contributed by atoms with van der Waals surface area (Å²) in [5.74, 6) is 0.252. The Morgan fingerprint density at radius 1 is 1.27 bits per heavy atom. The predicted octanol–water partition coefficient (Wildman–Crippen LogP) is 5.42. The van der Waals surface area contributed by atoms with E-state index in [0.29, 0.717) is 12.2 Å². The van der Waals surface area contributed by atoms with Gasteiger partial charge in [0, 0.05) is 16.6 Å². The molecule has 7 heteroatoms. The maximum atomic E-state index is 12.3. The molecule has 0 bridgehead atoms. The van der Waals surface area contributed by atoms with Crippen LogP contribution < -0.4 is 5.32 Å². The van der Waals surface area contributed by atoms with Gasteiger partial charge in [-0.1, -0.05) is 43.0 Å². The SMILES string of the molecule is CC(CC#N)Sc1ccccc1NC(=O)CSc1nc2ccccc2s1. The maximum Gasteiger partial charge on any atom is 0.234 e. The number of para-hydroxylation sites is 2. The molecule has 0 radical (unpaired) electrons. The molecule has 1 amide bonds.